The molecule has 6 heteroatoms. The number of carboxylic acid groups (broad SMARTS) is 1. The lowest BCUT2D eigenvalue weighted by atomic mass is 10.0. The summed E-state index contributed by atoms with van der Waals surface area (Å²) < 4.78 is 1.28. The van der Waals surface area contributed by atoms with E-state index >= 15 is 0 Å². The maximum atomic E-state index is 13.0. The Kier molecular flexibility index (Phi) is 5.66. The second-order valence-electron chi connectivity index (χ2n) is 6.31. The number of carbonyl (C=O) groups is 1. The van der Waals surface area contributed by atoms with E-state index in [0.29, 0.717) is 24.3 Å². The standard InChI is InChI=1S/C21H21N3O3/c1-15-11-17(12-16-7-3-2-4-8-16)20(21(27)24(15)14-19(25)26)23-13-18-9-5-6-10-22-18/h2-11,23H,12-14H2,1H3,(H,25,26). The highest BCUT2D eigenvalue weighted by Gasteiger charge is 2.15. The Morgan fingerprint density at radius 2 is 1.89 bits per heavy atom. The van der Waals surface area contributed by atoms with Crippen molar-refractivity contribution < 1.29 is 9.90 Å². The molecule has 0 aliphatic carbocycles. The van der Waals surface area contributed by atoms with Crippen molar-refractivity contribution in [2.45, 2.75) is 26.4 Å². The number of anilines is 1. The third kappa shape index (κ3) is 4.61. The number of carboxylic acids is 1. The molecule has 3 aromatic rings. The zero-order chi connectivity index (χ0) is 19.2. The Labute approximate surface area is 157 Å². The lowest BCUT2D eigenvalue weighted by Gasteiger charge is -2.16. The second-order valence-corrected chi connectivity index (χ2v) is 6.31. The monoisotopic (exact) mass is 363 g/mol. The number of aryl methyl sites for hydroxylation is 1. The van der Waals surface area contributed by atoms with Gasteiger partial charge in [-0.05, 0) is 42.7 Å². The number of aliphatic carboxylic acids is 1. The minimum atomic E-state index is -1.05. The Hall–Kier alpha value is -3.41. The van der Waals surface area contributed by atoms with Crippen LogP contribution in [0.25, 0.3) is 0 Å². The summed E-state index contributed by atoms with van der Waals surface area (Å²) in [5.41, 5.74) is 3.41. The first-order valence-electron chi connectivity index (χ1n) is 8.67. The van der Waals surface area contributed by atoms with Crippen molar-refractivity contribution in [1.82, 2.24) is 9.55 Å². The molecule has 3 rings (SSSR count). The SMILES string of the molecule is Cc1cc(Cc2ccccc2)c(NCc2ccccn2)c(=O)n1CC(=O)O. The molecule has 138 valence electrons. The molecule has 2 heterocycles. The molecule has 0 radical (unpaired) electrons. The van der Waals surface area contributed by atoms with Gasteiger partial charge < -0.3 is 10.4 Å². The molecule has 0 unspecified atom stereocenters. The fourth-order valence-electron chi connectivity index (χ4n) is 2.99. The summed E-state index contributed by atoms with van der Waals surface area (Å²) in [7, 11) is 0. The topological polar surface area (TPSA) is 84.2 Å². The zero-order valence-electron chi connectivity index (χ0n) is 15.1. The van der Waals surface area contributed by atoms with Crippen molar-refractivity contribution in [1.29, 1.82) is 0 Å². The summed E-state index contributed by atoms with van der Waals surface area (Å²) in [6.07, 6.45) is 2.27. The van der Waals surface area contributed by atoms with Gasteiger partial charge in [-0.3, -0.25) is 19.1 Å². The predicted molar refractivity (Wildman–Crippen MR) is 104 cm³/mol. The van der Waals surface area contributed by atoms with Crippen molar-refractivity contribution in [3.63, 3.8) is 0 Å². The fraction of sp³-hybridized carbons (Fsp3) is 0.190. The zero-order valence-corrected chi connectivity index (χ0v) is 15.1. The van der Waals surface area contributed by atoms with Gasteiger partial charge in [-0.25, -0.2) is 0 Å². The van der Waals surface area contributed by atoms with Gasteiger partial charge in [0.05, 0.1) is 12.2 Å². The number of nitrogens with one attached hydrogen (secondary N) is 1. The van der Waals surface area contributed by atoms with Crippen LogP contribution in [0, 0.1) is 6.92 Å². The van der Waals surface area contributed by atoms with Crippen LogP contribution in [0.2, 0.25) is 0 Å². The maximum absolute atomic E-state index is 13.0. The maximum Gasteiger partial charge on any atom is 0.323 e. The quantitative estimate of drug-likeness (QED) is 0.674. The molecule has 0 bridgehead atoms. The summed E-state index contributed by atoms with van der Waals surface area (Å²) in [5, 5.41) is 12.3. The average Bonchev–Trinajstić information content (AvgIpc) is 2.66. The lowest BCUT2D eigenvalue weighted by Crippen LogP contribution is -2.29. The highest BCUT2D eigenvalue weighted by molar-refractivity contribution is 5.67. The highest BCUT2D eigenvalue weighted by atomic mass is 16.4. The van der Waals surface area contributed by atoms with Gasteiger partial charge in [0.1, 0.15) is 12.2 Å². The minimum absolute atomic E-state index is 0.334. The van der Waals surface area contributed by atoms with Gasteiger partial charge in [-0.2, -0.15) is 0 Å². The molecule has 0 fully saturated rings. The number of pyridine rings is 2. The van der Waals surface area contributed by atoms with Crippen LogP contribution in [0.1, 0.15) is 22.5 Å². The first-order chi connectivity index (χ1) is 13.0. The number of aromatic nitrogens is 2. The van der Waals surface area contributed by atoms with Crippen molar-refractivity contribution in [3.8, 4) is 0 Å². The van der Waals surface area contributed by atoms with E-state index < -0.39 is 5.97 Å². The molecule has 1 aromatic carbocycles. The minimum Gasteiger partial charge on any atom is -0.480 e. The predicted octanol–water partition coefficient (Wildman–Crippen LogP) is 2.84. The van der Waals surface area contributed by atoms with E-state index in [1.165, 1.54) is 4.57 Å². The normalized spacial score (nSPS) is 10.6. The smallest absolute Gasteiger partial charge is 0.323 e. The molecule has 0 amide bonds. The van der Waals surface area contributed by atoms with E-state index in [0.717, 1.165) is 16.8 Å². The van der Waals surface area contributed by atoms with Crippen molar-refractivity contribution in [3.05, 3.63) is 93.7 Å². The number of hydrogen-bond acceptors (Lipinski definition) is 4. The van der Waals surface area contributed by atoms with Crippen molar-refractivity contribution in [2.24, 2.45) is 0 Å². The number of hydrogen-bond donors (Lipinski definition) is 2. The molecular weight excluding hydrogens is 342 g/mol. The third-order valence-corrected chi connectivity index (χ3v) is 4.29. The first-order valence-corrected chi connectivity index (χ1v) is 8.67. The van der Waals surface area contributed by atoms with Crippen molar-refractivity contribution in [2.75, 3.05) is 5.32 Å². The summed E-state index contributed by atoms with van der Waals surface area (Å²) >= 11 is 0. The van der Waals surface area contributed by atoms with Crippen LogP contribution in [0.4, 0.5) is 5.69 Å². The van der Waals surface area contributed by atoms with Crippen LogP contribution in [0.5, 0.6) is 0 Å². The van der Waals surface area contributed by atoms with Crippen LogP contribution in [0.15, 0.2) is 65.6 Å². The Bertz CT molecular complexity index is 983. The second kappa shape index (κ2) is 8.31. The van der Waals surface area contributed by atoms with Crippen LogP contribution >= 0.6 is 0 Å². The van der Waals surface area contributed by atoms with Gasteiger partial charge >= 0.3 is 5.97 Å². The van der Waals surface area contributed by atoms with E-state index in [1.807, 2.05) is 54.6 Å². The van der Waals surface area contributed by atoms with Crippen molar-refractivity contribution >= 4 is 11.7 Å². The van der Waals surface area contributed by atoms with Crippen LogP contribution < -0.4 is 10.9 Å². The molecular formula is C21H21N3O3. The van der Waals surface area contributed by atoms with Gasteiger partial charge in [0.15, 0.2) is 0 Å². The molecule has 0 saturated carbocycles. The van der Waals surface area contributed by atoms with E-state index in [4.69, 9.17) is 5.11 Å². The number of nitrogens with zero attached hydrogens (tertiary/aromatic N) is 2. The van der Waals surface area contributed by atoms with E-state index in [-0.39, 0.29) is 12.1 Å². The average molecular weight is 363 g/mol. The Morgan fingerprint density at radius 1 is 1.15 bits per heavy atom. The van der Waals surface area contributed by atoms with Crippen LogP contribution in [0.3, 0.4) is 0 Å². The first kappa shape index (κ1) is 18.4. The largest absolute Gasteiger partial charge is 0.480 e. The highest BCUT2D eigenvalue weighted by Crippen LogP contribution is 2.18. The molecule has 0 atom stereocenters. The van der Waals surface area contributed by atoms with Crippen LogP contribution in [-0.2, 0) is 24.3 Å². The fourth-order valence-corrected chi connectivity index (χ4v) is 2.99. The van der Waals surface area contributed by atoms with Gasteiger partial charge in [-0.15, -0.1) is 0 Å². The number of rotatable bonds is 7. The molecule has 2 aromatic heterocycles. The number of benzene rings is 1. The lowest BCUT2D eigenvalue weighted by molar-refractivity contribution is -0.137. The van der Waals surface area contributed by atoms with Gasteiger partial charge in [0.25, 0.3) is 5.56 Å². The molecule has 2 N–H and O–H groups in total. The van der Waals surface area contributed by atoms with Crippen LogP contribution in [-0.4, -0.2) is 20.6 Å². The third-order valence-electron chi connectivity index (χ3n) is 4.29. The molecule has 0 spiro atoms. The molecule has 0 aliphatic rings. The summed E-state index contributed by atoms with van der Waals surface area (Å²) in [4.78, 5) is 28.4. The van der Waals surface area contributed by atoms with Gasteiger partial charge in [-0.1, -0.05) is 36.4 Å². The Morgan fingerprint density at radius 3 is 2.56 bits per heavy atom. The van der Waals surface area contributed by atoms with E-state index in [1.54, 1.807) is 13.1 Å². The Balaban J connectivity index is 1.99. The van der Waals surface area contributed by atoms with E-state index in [2.05, 4.69) is 10.3 Å². The summed E-state index contributed by atoms with van der Waals surface area (Å²) in [6.45, 7) is 1.77. The summed E-state index contributed by atoms with van der Waals surface area (Å²) in [6, 6.07) is 17.3. The van der Waals surface area contributed by atoms with Gasteiger partial charge in [0, 0.05) is 11.9 Å². The molecule has 0 saturated heterocycles. The molecule has 27 heavy (non-hydrogen) atoms. The van der Waals surface area contributed by atoms with E-state index in [9.17, 15) is 9.59 Å². The molecule has 0 aliphatic heterocycles. The van der Waals surface area contributed by atoms with Gasteiger partial charge in [0.2, 0.25) is 0 Å². The molecule has 6 nitrogen and oxygen atoms in total. The summed E-state index contributed by atoms with van der Waals surface area (Å²) in [5.74, 6) is -1.05.